The normalized spacial score (nSPS) is 23.3. The Morgan fingerprint density at radius 3 is 2.95 bits per heavy atom. The zero-order chi connectivity index (χ0) is 12.7. The maximum Gasteiger partial charge on any atom is 0.419 e. The zero-order valence-corrected chi connectivity index (χ0v) is 12.0. The zero-order valence-electron chi connectivity index (χ0n) is 11.2. The van der Waals surface area contributed by atoms with Crippen LogP contribution in [0.2, 0.25) is 0 Å². The van der Waals surface area contributed by atoms with Crippen molar-refractivity contribution >= 4 is 23.5 Å². The van der Waals surface area contributed by atoms with Gasteiger partial charge in [0.05, 0.1) is 5.52 Å². The van der Waals surface area contributed by atoms with E-state index in [1.54, 1.807) is 11.6 Å². The number of nitrogens with zero attached hydrogens (tertiary/aromatic N) is 1. The Bertz CT molecular complexity index is 632. The van der Waals surface area contributed by atoms with Gasteiger partial charge in [0.1, 0.15) is 0 Å². The van der Waals surface area contributed by atoms with E-state index in [2.05, 4.69) is 18.3 Å². The first-order valence-corrected chi connectivity index (χ1v) is 6.48. The predicted molar refractivity (Wildman–Crippen MR) is 78.1 cm³/mol. The number of halogens is 1. The number of hydrogen-bond donors (Lipinski definition) is 1. The van der Waals surface area contributed by atoms with Crippen molar-refractivity contribution < 1.29 is 4.42 Å². The largest absolute Gasteiger partial charge is 0.419 e. The van der Waals surface area contributed by atoms with E-state index in [1.807, 2.05) is 12.1 Å². The minimum absolute atomic E-state index is 0. The maximum absolute atomic E-state index is 11.5. The van der Waals surface area contributed by atoms with Gasteiger partial charge in [-0.25, -0.2) is 4.79 Å². The molecule has 1 unspecified atom stereocenters. The van der Waals surface area contributed by atoms with Crippen molar-refractivity contribution in [1.29, 1.82) is 0 Å². The van der Waals surface area contributed by atoms with Crippen molar-refractivity contribution in [1.82, 2.24) is 9.88 Å². The lowest BCUT2D eigenvalue weighted by Crippen LogP contribution is -2.34. The number of fused-ring (bicyclic) bond motifs is 1. The van der Waals surface area contributed by atoms with Crippen LogP contribution in [-0.4, -0.2) is 17.2 Å². The topological polar surface area (TPSA) is 47.2 Å². The second-order valence-corrected chi connectivity index (χ2v) is 5.23. The van der Waals surface area contributed by atoms with Crippen LogP contribution in [-0.2, 0) is 7.05 Å². The van der Waals surface area contributed by atoms with Crippen LogP contribution in [0, 0.1) is 0 Å². The first-order chi connectivity index (χ1) is 8.65. The number of nitrogens with one attached hydrogen (secondary N) is 1. The smallest absolute Gasteiger partial charge is 0.408 e. The highest BCUT2D eigenvalue weighted by Gasteiger charge is 2.20. The van der Waals surface area contributed by atoms with Crippen LogP contribution in [0.3, 0.4) is 0 Å². The van der Waals surface area contributed by atoms with E-state index in [-0.39, 0.29) is 18.2 Å². The first-order valence-electron chi connectivity index (χ1n) is 6.48. The minimum Gasteiger partial charge on any atom is -0.408 e. The molecule has 1 fully saturated rings. The number of piperidine rings is 1. The van der Waals surface area contributed by atoms with Gasteiger partial charge < -0.3 is 9.73 Å². The van der Waals surface area contributed by atoms with E-state index in [4.69, 9.17) is 4.42 Å². The molecule has 3 rings (SSSR count). The summed E-state index contributed by atoms with van der Waals surface area (Å²) in [6, 6.07) is 6.70. The highest BCUT2D eigenvalue weighted by atomic mass is 35.5. The number of hydrogen-bond acceptors (Lipinski definition) is 3. The van der Waals surface area contributed by atoms with E-state index >= 15 is 0 Å². The monoisotopic (exact) mass is 282 g/mol. The summed E-state index contributed by atoms with van der Waals surface area (Å²) in [5, 5.41) is 3.45. The average molecular weight is 283 g/mol. The Balaban J connectivity index is 0.00000133. The van der Waals surface area contributed by atoms with Crippen LogP contribution in [0.1, 0.15) is 31.2 Å². The van der Waals surface area contributed by atoms with Crippen molar-refractivity contribution in [3.63, 3.8) is 0 Å². The molecule has 0 spiro atoms. The van der Waals surface area contributed by atoms with Crippen molar-refractivity contribution in [3.05, 3.63) is 34.3 Å². The van der Waals surface area contributed by atoms with Gasteiger partial charge >= 0.3 is 5.76 Å². The maximum atomic E-state index is 11.5. The summed E-state index contributed by atoms with van der Waals surface area (Å²) in [6.45, 7) is 3.27. The highest BCUT2D eigenvalue weighted by Crippen LogP contribution is 2.29. The van der Waals surface area contributed by atoms with E-state index in [0.717, 1.165) is 24.9 Å². The molecule has 104 valence electrons. The molecule has 1 N–H and O–H groups in total. The van der Waals surface area contributed by atoms with Gasteiger partial charge in [-0.15, -0.1) is 12.4 Å². The predicted octanol–water partition coefficient (Wildman–Crippen LogP) is 2.41. The summed E-state index contributed by atoms with van der Waals surface area (Å²) >= 11 is 0. The van der Waals surface area contributed by atoms with Crippen LogP contribution in [0.4, 0.5) is 0 Å². The van der Waals surface area contributed by atoms with Gasteiger partial charge in [-0.2, -0.15) is 0 Å². The quantitative estimate of drug-likeness (QED) is 0.874. The SMILES string of the molecule is C[C@@H]1CC(c2ccc3c(c2)oc(=O)n3C)CCN1.Cl. The fourth-order valence-corrected chi connectivity index (χ4v) is 2.84. The van der Waals surface area contributed by atoms with Crippen LogP contribution in [0.5, 0.6) is 0 Å². The van der Waals surface area contributed by atoms with Crippen molar-refractivity contribution in [2.75, 3.05) is 6.54 Å². The Hall–Kier alpha value is -1.26. The third-order valence-electron chi connectivity index (χ3n) is 3.91. The molecule has 0 bridgehead atoms. The number of benzene rings is 1. The molecule has 5 heteroatoms. The molecule has 0 amide bonds. The molecular weight excluding hydrogens is 264 g/mol. The number of rotatable bonds is 1. The third-order valence-corrected chi connectivity index (χ3v) is 3.91. The summed E-state index contributed by atoms with van der Waals surface area (Å²) in [5.41, 5.74) is 2.85. The molecule has 4 nitrogen and oxygen atoms in total. The van der Waals surface area contributed by atoms with Crippen LogP contribution < -0.4 is 11.1 Å². The standard InChI is InChI=1S/C14H18N2O2.ClH/c1-9-7-11(5-6-15-9)10-3-4-12-13(8-10)18-14(17)16(12)2;/h3-4,8-9,11,15H,5-7H2,1-2H3;1H/t9-,11?;/m1./s1. The molecule has 2 heterocycles. The lowest BCUT2D eigenvalue weighted by molar-refractivity contribution is 0.381. The van der Waals surface area contributed by atoms with Gasteiger partial charge in [-0.3, -0.25) is 4.57 Å². The molecule has 2 aromatic rings. The van der Waals surface area contributed by atoms with E-state index in [1.165, 1.54) is 5.56 Å². The second kappa shape index (κ2) is 5.39. The molecule has 1 aliphatic heterocycles. The summed E-state index contributed by atoms with van der Waals surface area (Å²) in [5.74, 6) is 0.275. The van der Waals surface area contributed by atoms with Gasteiger partial charge in [-0.1, -0.05) is 6.07 Å². The Morgan fingerprint density at radius 2 is 2.21 bits per heavy atom. The molecule has 1 saturated heterocycles. The van der Waals surface area contributed by atoms with Crippen LogP contribution >= 0.6 is 12.4 Å². The van der Waals surface area contributed by atoms with Gasteiger partial charge in [0.25, 0.3) is 0 Å². The van der Waals surface area contributed by atoms with E-state index < -0.39 is 0 Å². The second-order valence-electron chi connectivity index (χ2n) is 5.23. The average Bonchev–Trinajstić information content (AvgIpc) is 2.65. The van der Waals surface area contributed by atoms with Crippen molar-refractivity contribution in [2.45, 2.75) is 31.7 Å². The summed E-state index contributed by atoms with van der Waals surface area (Å²) in [6.07, 6.45) is 2.29. The first kappa shape index (κ1) is 14.2. The van der Waals surface area contributed by atoms with Gasteiger partial charge in [0.2, 0.25) is 0 Å². The Labute approximate surface area is 118 Å². The van der Waals surface area contributed by atoms with Gasteiger partial charge in [-0.05, 0) is 49.9 Å². The van der Waals surface area contributed by atoms with Crippen molar-refractivity contribution in [3.8, 4) is 0 Å². The number of aromatic nitrogens is 1. The molecule has 0 aliphatic carbocycles. The van der Waals surface area contributed by atoms with Gasteiger partial charge in [0, 0.05) is 13.1 Å². The molecule has 0 radical (unpaired) electrons. The molecule has 0 saturated carbocycles. The summed E-state index contributed by atoms with van der Waals surface area (Å²) in [7, 11) is 1.74. The van der Waals surface area contributed by atoms with E-state index in [0.29, 0.717) is 17.5 Å². The summed E-state index contributed by atoms with van der Waals surface area (Å²) in [4.78, 5) is 11.5. The number of aryl methyl sites for hydroxylation is 1. The van der Waals surface area contributed by atoms with Gasteiger partial charge in [0.15, 0.2) is 5.58 Å². The minimum atomic E-state index is -0.291. The molecular formula is C14H19ClN2O2. The fourth-order valence-electron chi connectivity index (χ4n) is 2.84. The number of oxazole rings is 1. The van der Waals surface area contributed by atoms with Crippen LogP contribution in [0.25, 0.3) is 11.1 Å². The molecule has 1 aromatic heterocycles. The third kappa shape index (κ3) is 2.55. The van der Waals surface area contributed by atoms with Crippen LogP contribution in [0.15, 0.2) is 27.4 Å². The Kier molecular flexibility index (Phi) is 4.02. The van der Waals surface area contributed by atoms with E-state index in [9.17, 15) is 4.79 Å². The lowest BCUT2D eigenvalue weighted by Gasteiger charge is -2.28. The molecule has 1 aromatic carbocycles. The molecule has 2 atom stereocenters. The summed E-state index contributed by atoms with van der Waals surface area (Å²) < 4.78 is 6.79. The molecule has 19 heavy (non-hydrogen) atoms. The fraction of sp³-hybridized carbons (Fsp3) is 0.500. The highest BCUT2D eigenvalue weighted by molar-refractivity contribution is 5.85. The lowest BCUT2D eigenvalue weighted by atomic mass is 9.87. The molecule has 1 aliphatic rings. The Morgan fingerprint density at radius 1 is 1.42 bits per heavy atom. The van der Waals surface area contributed by atoms with Crippen molar-refractivity contribution in [2.24, 2.45) is 7.05 Å².